The fourth-order valence-electron chi connectivity index (χ4n) is 2.52. The summed E-state index contributed by atoms with van der Waals surface area (Å²) in [5.41, 5.74) is 2.14. The number of hydrogen-bond donors (Lipinski definition) is 0. The minimum Gasteiger partial charge on any atom is -0.457 e. The molecule has 3 nitrogen and oxygen atoms in total. The van der Waals surface area contributed by atoms with Gasteiger partial charge < -0.3 is 4.74 Å². The summed E-state index contributed by atoms with van der Waals surface area (Å²) >= 11 is 0. The van der Waals surface area contributed by atoms with Gasteiger partial charge in [-0.05, 0) is 37.3 Å². The molecular weight excluding hydrogens is 264 g/mol. The van der Waals surface area contributed by atoms with E-state index in [0.717, 1.165) is 5.56 Å². The Balaban J connectivity index is 1.92. The molecule has 0 aromatic heterocycles. The van der Waals surface area contributed by atoms with Gasteiger partial charge in [0.15, 0.2) is 11.6 Å². The predicted molar refractivity (Wildman–Crippen MR) is 80.1 cm³/mol. The van der Waals surface area contributed by atoms with Crippen LogP contribution in [0.1, 0.15) is 39.6 Å². The largest absolute Gasteiger partial charge is 0.457 e. The van der Waals surface area contributed by atoms with Crippen LogP contribution in [0.15, 0.2) is 42.5 Å². The molecule has 0 heterocycles. The van der Waals surface area contributed by atoms with Gasteiger partial charge in [0.1, 0.15) is 11.5 Å². The van der Waals surface area contributed by atoms with Gasteiger partial charge in [-0.15, -0.1) is 0 Å². The molecule has 1 atom stereocenters. The summed E-state index contributed by atoms with van der Waals surface area (Å²) in [6.07, 6.45) is 0.278. The van der Waals surface area contributed by atoms with Crippen molar-refractivity contribution in [3.8, 4) is 11.5 Å². The van der Waals surface area contributed by atoms with E-state index in [0.29, 0.717) is 22.6 Å². The highest BCUT2D eigenvalue weighted by atomic mass is 16.5. The van der Waals surface area contributed by atoms with Gasteiger partial charge in [0.2, 0.25) is 0 Å². The molecule has 0 amide bonds. The number of rotatable bonds is 2. The molecule has 2 aromatic rings. The van der Waals surface area contributed by atoms with Crippen LogP contribution in [0.4, 0.5) is 0 Å². The average molecular weight is 280 g/mol. The first-order valence-corrected chi connectivity index (χ1v) is 7.00. The smallest absolute Gasteiger partial charge is 0.166 e. The van der Waals surface area contributed by atoms with E-state index in [2.05, 4.69) is 0 Å². The summed E-state index contributed by atoms with van der Waals surface area (Å²) in [5, 5.41) is 0. The first kappa shape index (κ1) is 13.6. The van der Waals surface area contributed by atoms with Gasteiger partial charge in [-0.25, -0.2) is 0 Å². The molecular formula is C18H16O3. The number of carbonyl (C=O) groups is 2. The standard InChI is InChI=1S/C18H16O3/c1-11-3-5-13(6-4-11)21-14-7-8-15-16(10-14)17(19)9-12(2)18(15)20/h3-8,10,12H,9H2,1-2H3. The summed E-state index contributed by atoms with van der Waals surface area (Å²) in [5.74, 6) is 1.10. The Morgan fingerprint density at radius 2 is 1.62 bits per heavy atom. The van der Waals surface area contributed by atoms with Crippen LogP contribution >= 0.6 is 0 Å². The van der Waals surface area contributed by atoms with E-state index in [1.807, 2.05) is 31.2 Å². The monoisotopic (exact) mass is 280 g/mol. The van der Waals surface area contributed by atoms with E-state index >= 15 is 0 Å². The quantitative estimate of drug-likeness (QED) is 0.828. The molecule has 0 aliphatic heterocycles. The van der Waals surface area contributed by atoms with E-state index in [1.54, 1.807) is 25.1 Å². The van der Waals surface area contributed by atoms with Crippen molar-refractivity contribution >= 4 is 11.6 Å². The zero-order chi connectivity index (χ0) is 15.0. The second kappa shape index (κ2) is 5.17. The Morgan fingerprint density at radius 1 is 0.952 bits per heavy atom. The molecule has 21 heavy (non-hydrogen) atoms. The van der Waals surface area contributed by atoms with Gasteiger partial charge in [-0.1, -0.05) is 24.6 Å². The Labute approximate surface area is 123 Å². The maximum atomic E-state index is 12.1. The summed E-state index contributed by atoms with van der Waals surface area (Å²) in [4.78, 5) is 24.2. The number of ketones is 2. The van der Waals surface area contributed by atoms with Crippen LogP contribution in [0.3, 0.4) is 0 Å². The average Bonchev–Trinajstić information content (AvgIpc) is 2.47. The Kier molecular flexibility index (Phi) is 3.34. The second-order valence-corrected chi connectivity index (χ2v) is 5.52. The third kappa shape index (κ3) is 2.59. The minimum atomic E-state index is -0.228. The van der Waals surface area contributed by atoms with Crippen molar-refractivity contribution in [1.29, 1.82) is 0 Å². The molecule has 3 heteroatoms. The molecule has 0 radical (unpaired) electrons. The van der Waals surface area contributed by atoms with Crippen LogP contribution in [-0.2, 0) is 0 Å². The molecule has 0 saturated heterocycles. The van der Waals surface area contributed by atoms with Crippen molar-refractivity contribution in [3.05, 3.63) is 59.2 Å². The van der Waals surface area contributed by atoms with Gasteiger partial charge in [0.25, 0.3) is 0 Å². The molecule has 0 N–H and O–H groups in total. The van der Waals surface area contributed by atoms with Crippen molar-refractivity contribution < 1.29 is 14.3 Å². The lowest BCUT2D eigenvalue weighted by atomic mass is 9.83. The zero-order valence-corrected chi connectivity index (χ0v) is 12.1. The Morgan fingerprint density at radius 3 is 2.33 bits per heavy atom. The topological polar surface area (TPSA) is 43.4 Å². The lowest BCUT2D eigenvalue weighted by Gasteiger charge is -2.19. The van der Waals surface area contributed by atoms with Crippen LogP contribution < -0.4 is 4.74 Å². The molecule has 0 saturated carbocycles. The minimum absolute atomic E-state index is 0.00598. The van der Waals surface area contributed by atoms with Crippen LogP contribution in [0.5, 0.6) is 11.5 Å². The molecule has 1 unspecified atom stereocenters. The van der Waals surface area contributed by atoms with Crippen LogP contribution in [0.25, 0.3) is 0 Å². The number of ether oxygens (including phenoxy) is 1. The van der Waals surface area contributed by atoms with Gasteiger partial charge in [-0.3, -0.25) is 9.59 Å². The van der Waals surface area contributed by atoms with E-state index < -0.39 is 0 Å². The lowest BCUT2D eigenvalue weighted by Crippen LogP contribution is -2.24. The van der Waals surface area contributed by atoms with Crippen molar-refractivity contribution in [2.45, 2.75) is 20.3 Å². The van der Waals surface area contributed by atoms with Crippen molar-refractivity contribution in [2.24, 2.45) is 5.92 Å². The highest BCUT2D eigenvalue weighted by Gasteiger charge is 2.29. The molecule has 1 aliphatic rings. The van der Waals surface area contributed by atoms with Crippen LogP contribution in [0, 0.1) is 12.8 Å². The normalized spacial score (nSPS) is 17.5. The Hall–Kier alpha value is -2.42. The van der Waals surface area contributed by atoms with E-state index in [-0.39, 0.29) is 23.9 Å². The number of Topliss-reactive ketones (excluding diaryl/α,β-unsaturated/α-hetero) is 2. The van der Waals surface area contributed by atoms with E-state index in [1.165, 1.54) is 0 Å². The van der Waals surface area contributed by atoms with E-state index in [9.17, 15) is 9.59 Å². The first-order chi connectivity index (χ1) is 10.0. The Bertz CT molecular complexity index is 714. The number of carbonyl (C=O) groups excluding carboxylic acids is 2. The molecule has 1 aliphatic carbocycles. The molecule has 0 bridgehead atoms. The summed E-state index contributed by atoms with van der Waals surface area (Å²) in [7, 11) is 0. The van der Waals surface area contributed by atoms with Crippen molar-refractivity contribution in [3.63, 3.8) is 0 Å². The predicted octanol–water partition coefficient (Wildman–Crippen LogP) is 4.19. The molecule has 0 fully saturated rings. The lowest BCUT2D eigenvalue weighted by molar-refractivity contribution is 0.0834. The van der Waals surface area contributed by atoms with Crippen molar-refractivity contribution in [1.82, 2.24) is 0 Å². The first-order valence-electron chi connectivity index (χ1n) is 7.00. The summed E-state index contributed by atoms with van der Waals surface area (Å²) in [6.45, 7) is 3.80. The van der Waals surface area contributed by atoms with Crippen molar-refractivity contribution in [2.75, 3.05) is 0 Å². The fraction of sp³-hybridized carbons (Fsp3) is 0.222. The SMILES string of the molecule is Cc1ccc(Oc2ccc3c(c2)C(=O)CC(C)C3=O)cc1. The van der Waals surface area contributed by atoms with Gasteiger partial charge >= 0.3 is 0 Å². The van der Waals surface area contributed by atoms with Crippen LogP contribution in [-0.4, -0.2) is 11.6 Å². The van der Waals surface area contributed by atoms with Gasteiger partial charge in [0, 0.05) is 23.5 Å². The highest BCUT2D eigenvalue weighted by molar-refractivity contribution is 6.14. The van der Waals surface area contributed by atoms with Gasteiger partial charge in [-0.2, -0.15) is 0 Å². The summed E-state index contributed by atoms with van der Waals surface area (Å²) < 4.78 is 5.75. The third-order valence-corrected chi connectivity index (χ3v) is 3.75. The van der Waals surface area contributed by atoms with E-state index in [4.69, 9.17) is 4.74 Å². The number of benzene rings is 2. The van der Waals surface area contributed by atoms with Gasteiger partial charge in [0.05, 0.1) is 0 Å². The fourth-order valence-corrected chi connectivity index (χ4v) is 2.52. The van der Waals surface area contributed by atoms with Crippen LogP contribution in [0.2, 0.25) is 0 Å². The molecule has 3 rings (SSSR count). The molecule has 2 aromatic carbocycles. The third-order valence-electron chi connectivity index (χ3n) is 3.75. The maximum Gasteiger partial charge on any atom is 0.166 e. The molecule has 106 valence electrons. The molecule has 0 spiro atoms. The number of fused-ring (bicyclic) bond motifs is 1. The number of aryl methyl sites for hydroxylation is 1. The highest BCUT2D eigenvalue weighted by Crippen LogP contribution is 2.30. The zero-order valence-electron chi connectivity index (χ0n) is 12.1. The summed E-state index contributed by atoms with van der Waals surface area (Å²) in [6, 6.07) is 12.8. The maximum absolute atomic E-state index is 12.1. The number of hydrogen-bond acceptors (Lipinski definition) is 3. The second-order valence-electron chi connectivity index (χ2n) is 5.52.